The van der Waals surface area contributed by atoms with Gasteiger partial charge >= 0.3 is 0 Å². The van der Waals surface area contributed by atoms with E-state index in [2.05, 4.69) is 36.0 Å². The first-order valence-corrected chi connectivity index (χ1v) is 7.84. The van der Waals surface area contributed by atoms with Crippen LogP contribution in [-0.2, 0) is 4.79 Å². The van der Waals surface area contributed by atoms with Crippen LogP contribution in [0, 0.1) is 5.92 Å². The van der Waals surface area contributed by atoms with E-state index in [1.165, 1.54) is 12.8 Å². The molecule has 4 heteroatoms. The molecule has 1 amide bonds. The minimum atomic E-state index is 0.0598. The monoisotopic (exact) mass is 267 g/mol. The Morgan fingerprint density at radius 3 is 2.89 bits per heavy atom. The predicted molar refractivity (Wildman–Crippen MR) is 78.1 cm³/mol. The summed E-state index contributed by atoms with van der Waals surface area (Å²) in [6, 6.07) is 0.397. The molecule has 2 aliphatic rings. The molecule has 2 heterocycles. The van der Waals surface area contributed by atoms with Gasteiger partial charge in [-0.3, -0.25) is 4.79 Å². The fourth-order valence-corrected chi connectivity index (χ4v) is 3.45. The predicted octanol–water partition coefficient (Wildman–Crippen LogP) is 1.32. The summed E-state index contributed by atoms with van der Waals surface area (Å²) < 4.78 is 0. The number of hydrogen-bond acceptors (Lipinski definition) is 3. The molecule has 0 radical (unpaired) electrons. The van der Waals surface area contributed by atoms with Gasteiger partial charge in [-0.25, -0.2) is 0 Å². The number of nitrogens with one attached hydrogen (secondary N) is 1. The van der Waals surface area contributed by atoms with E-state index in [4.69, 9.17) is 0 Å². The summed E-state index contributed by atoms with van der Waals surface area (Å²) in [6.45, 7) is 8.43. The van der Waals surface area contributed by atoms with Crippen molar-refractivity contribution >= 4 is 5.91 Å². The first-order valence-electron chi connectivity index (χ1n) is 7.84. The molecule has 0 saturated carbocycles. The molecular weight excluding hydrogens is 238 g/mol. The van der Waals surface area contributed by atoms with Crippen molar-refractivity contribution in [1.29, 1.82) is 0 Å². The van der Waals surface area contributed by atoms with Crippen molar-refractivity contribution in [3.8, 4) is 0 Å². The van der Waals surface area contributed by atoms with E-state index in [-0.39, 0.29) is 6.04 Å². The van der Waals surface area contributed by atoms with Crippen LogP contribution in [-0.4, -0.2) is 61.0 Å². The van der Waals surface area contributed by atoms with Gasteiger partial charge in [0.2, 0.25) is 5.91 Å². The maximum absolute atomic E-state index is 12.7. The highest BCUT2D eigenvalue weighted by molar-refractivity contribution is 5.82. The topological polar surface area (TPSA) is 35.6 Å². The van der Waals surface area contributed by atoms with Crippen molar-refractivity contribution in [2.75, 3.05) is 33.2 Å². The number of nitrogens with zero attached hydrogens (tertiary/aromatic N) is 2. The van der Waals surface area contributed by atoms with Crippen LogP contribution in [0.4, 0.5) is 0 Å². The van der Waals surface area contributed by atoms with Gasteiger partial charge in [-0.05, 0) is 52.2 Å². The van der Waals surface area contributed by atoms with E-state index in [1.807, 2.05) is 0 Å². The molecule has 0 aromatic carbocycles. The van der Waals surface area contributed by atoms with Crippen molar-refractivity contribution < 1.29 is 4.79 Å². The summed E-state index contributed by atoms with van der Waals surface area (Å²) in [7, 11) is 2.15. The lowest BCUT2D eigenvalue weighted by molar-refractivity contribution is -0.136. The lowest BCUT2D eigenvalue weighted by Gasteiger charge is -2.35. The lowest BCUT2D eigenvalue weighted by atomic mass is 9.89. The summed E-state index contributed by atoms with van der Waals surface area (Å²) in [6.07, 6.45) is 4.53. The van der Waals surface area contributed by atoms with Crippen LogP contribution in [0.2, 0.25) is 0 Å². The average molecular weight is 267 g/mol. The molecule has 0 aromatic heterocycles. The molecule has 4 nitrogen and oxygen atoms in total. The molecular formula is C15H29N3O. The van der Waals surface area contributed by atoms with Crippen LogP contribution < -0.4 is 5.32 Å². The fourth-order valence-electron chi connectivity index (χ4n) is 3.45. The zero-order valence-electron chi connectivity index (χ0n) is 12.7. The number of hydrogen-bond donors (Lipinski definition) is 1. The van der Waals surface area contributed by atoms with E-state index < -0.39 is 0 Å². The van der Waals surface area contributed by atoms with Gasteiger partial charge in [0.1, 0.15) is 0 Å². The van der Waals surface area contributed by atoms with Crippen LogP contribution in [0.3, 0.4) is 0 Å². The van der Waals surface area contributed by atoms with Crippen molar-refractivity contribution in [3.63, 3.8) is 0 Å². The first-order chi connectivity index (χ1) is 9.11. The van der Waals surface area contributed by atoms with Crippen LogP contribution in [0.1, 0.15) is 39.5 Å². The Hall–Kier alpha value is -0.610. The third-order valence-corrected chi connectivity index (χ3v) is 4.72. The van der Waals surface area contributed by atoms with Crippen LogP contribution in [0.25, 0.3) is 0 Å². The Morgan fingerprint density at radius 1 is 1.37 bits per heavy atom. The van der Waals surface area contributed by atoms with Gasteiger partial charge in [-0.1, -0.05) is 13.3 Å². The van der Waals surface area contributed by atoms with Gasteiger partial charge < -0.3 is 15.1 Å². The molecule has 19 heavy (non-hydrogen) atoms. The number of piperidine rings is 1. The SMILES string of the molecule is CCC1CCNC(C(=O)N2CCCN(C)CC2C)C1. The Balaban J connectivity index is 1.97. The number of amides is 1. The standard InChI is InChI=1S/C15H29N3O/c1-4-13-6-7-16-14(10-13)15(19)18-9-5-8-17(3)11-12(18)2/h12-14,16H,4-11H2,1-3H3. The second-order valence-corrected chi connectivity index (χ2v) is 6.30. The van der Waals surface area contributed by atoms with Gasteiger partial charge in [-0.2, -0.15) is 0 Å². The van der Waals surface area contributed by atoms with Crippen LogP contribution in [0.15, 0.2) is 0 Å². The summed E-state index contributed by atoms with van der Waals surface area (Å²) in [5.41, 5.74) is 0. The minimum absolute atomic E-state index is 0.0598. The van der Waals surface area contributed by atoms with E-state index in [0.717, 1.165) is 44.9 Å². The third-order valence-electron chi connectivity index (χ3n) is 4.72. The molecule has 2 saturated heterocycles. The highest BCUT2D eigenvalue weighted by atomic mass is 16.2. The third kappa shape index (κ3) is 3.69. The molecule has 3 atom stereocenters. The van der Waals surface area contributed by atoms with Gasteiger partial charge in [0.15, 0.2) is 0 Å². The fraction of sp³-hybridized carbons (Fsp3) is 0.933. The smallest absolute Gasteiger partial charge is 0.240 e. The molecule has 2 fully saturated rings. The minimum Gasteiger partial charge on any atom is -0.337 e. The lowest BCUT2D eigenvalue weighted by Crippen LogP contribution is -2.53. The zero-order valence-corrected chi connectivity index (χ0v) is 12.7. The summed E-state index contributed by atoms with van der Waals surface area (Å²) in [5, 5.41) is 3.43. The molecule has 0 aromatic rings. The van der Waals surface area contributed by atoms with Crippen LogP contribution in [0.5, 0.6) is 0 Å². The van der Waals surface area contributed by atoms with Crippen molar-refractivity contribution in [1.82, 2.24) is 15.1 Å². The van der Waals surface area contributed by atoms with Crippen molar-refractivity contribution in [2.24, 2.45) is 5.92 Å². The summed E-state index contributed by atoms with van der Waals surface area (Å²) in [4.78, 5) is 17.2. The molecule has 2 rings (SSSR count). The Kier molecular flexibility index (Phi) is 5.22. The van der Waals surface area contributed by atoms with Crippen molar-refractivity contribution in [3.05, 3.63) is 0 Å². The Bertz CT molecular complexity index is 308. The normalized spacial score (nSPS) is 34.1. The maximum Gasteiger partial charge on any atom is 0.240 e. The molecule has 1 N–H and O–H groups in total. The summed E-state index contributed by atoms with van der Waals surface area (Å²) in [5.74, 6) is 1.06. The second-order valence-electron chi connectivity index (χ2n) is 6.30. The summed E-state index contributed by atoms with van der Waals surface area (Å²) >= 11 is 0. The quantitative estimate of drug-likeness (QED) is 0.819. The number of rotatable bonds is 2. The van der Waals surface area contributed by atoms with E-state index in [1.54, 1.807) is 0 Å². The largest absolute Gasteiger partial charge is 0.337 e. The van der Waals surface area contributed by atoms with E-state index in [9.17, 15) is 4.79 Å². The molecule has 0 bridgehead atoms. The van der Waals surface area contributed by atoms with Gasteiger partial charge in [0.25, 0.3) is 0 Å². The molecule has 110 valence electrons. The zero-order chi connectivity index (χ0) is 13.8. The molecule has 0 spiro atoms. The number of carbonyl (C=O) groups is 1. The molecule has 3 unspecified atom stereocenters. The van der Waals surface area contributed by atoms with Crippen LogP contribution >= 0.6 is 0 Å². The van der Waals surface area contributed by atoms with Gasteiger partial charge in [-0.15, -0.1) is 0 Å². The molecule has 2 aliphatic heterocycles. The van der Waals surface area contributed by atoms with Crippen molar-refractivity contribution in [2.45, 2.75) is 51.6 Å². The average Bonchev–Trinajstić information content (AvgIpc) is 2.58. The highest BCUT2D eigenvalue weighted by Gasteiger charge is 2.32. The molecule has 0 aliphatic carbocycles. The number of carbonyl (C=O) groups excluding carboxylic acids is 1. The van der Waals surface area contributed by atoms with Gasteiger partial charge in [0.05, 0.1) is 6.04 Å². The van der Waals surface area contributed by atoms with Gasteiger partial charge in [0, 0.05) is 19.1 Å². The Morgan fingerprint density at radius 2 is 2.16 bits per heavy atom. The Labute approximate surface area is 117 Å². The number of likely N-dealkylation sites (N-methyl/N-ethyl adjacent to an activating group) is 1. The first kappa shape index (κ1) is 14.8. The maximum atomic E-state index is 12.7. The van der Waals surface area contributed by atoms with E-state index in [0.29, 0.717) is 11.9 Å². The second kappa shape index (κ2) is 6.71. The highest BCUT2D eigenvalue weighted by Crippen LogP contribution is 2.21. The van der Waals surface area contributed by atoms with E-state index >= 15 is 0 Å².